The molecule has 0 aliphatic carbocycles. The number of aliphatic imine (C=N–C) groups is 1. The fraction of sp³-hybridized carbons (Fsp3) is 0.400. The van der Waals surface area contributed by atoms with Gasteiger partial charge in [-0.3, -0.25) is 14.9 Å². The van der Waals surface area contributed by atoms with Gasteiger partial charge in [0.05, 0.1) is 24.7 Å². The first-order valence-electron chi connectivity index (χ1n) is 7.49. The Kier molecular flexibility index (Phi) is 4.96. The summed E-state index contributed by atoms with van der Waals surface area (Å²) in [5.74, 6) is -0.802. The lowest BCUT2D eigenvalue weighted by molar-refractivity contribution is -0.124. The minimum Gasteiger partial charge on any atom is -0.378 e. The normalized spacial score (nSPS) is 20.6. The van der Waals surface area contributed by atoms with Gasteiger partial charge in [0.1, 0.15) is 11.9 Å². The molecule has 0 aromatic heterocycles. The monoisotopic (exact) mass is 354 g/mol. The first kappa shape index (κ1) is 16.7. The second-order valence-electron chi connectivity index (χ2n) is 5.44. The van der Waals surface area contributed by atoms with Crippen LogP contribution in [0.25, 0.3) is 0 Å². The summed E-state index contributed by atoms with van der Waals surface area (Å²) in [6.45, 7) is 2.44. The highest BCUT2D eigenvalue weighted by Crippen LogP contribution is 2.20. The number of carbonyl (C=O) groups excluding carboxylic acids is 2. The Hall–Kier alpha value is -2.19. The van der Waals surface area contributed by atoms with E-state index in [4.69, 9.17) is 16.3 Å². The third-order valence-electron chi connectivity index (χ3n) is 3.71. The van der Waals surface area contributed by atoms with E-state index < -0.39 is 17.8 Å². The summed E-state index contributed by atoms with van der Waals surface area (Å²) in [4.78, 5) is 30.2. The van der Waals surface area contributed by atoms with Gasteiger partial charge in [0.15, 0.2) is 0 Å². The van der Waals surface area contributed by atoms with E-state index in [1.54, 1.807) is 0 Å². The molecule has 2 aliphatic heterocycles. The maximum atomic E-state index is 13.1. The SMILES string of the molecule is O=C(CC1N=C(N2CCOCC2)NC1=O)Nc1ccc(F)c(Cl)c1. The lowest BCUT2D eigenvalue weighted by atomic mass is 10.2. The van der Waals surface area contributed by atoms with Crippen LogP contribution >= 0.6 is 11.6 Å². The molecule has 9 heteroatoms. The lowest BCUT2D eigenvalue weighted by Gasteiger charge is -2.27. The van der Waals surface area contributed by atoms with Crippen molar-refractivity contribution in [2.24, 2.45) is 4.99 Å². The number of halogens is 2. The minimum atomic E-state index is -0.779. The van der Waals surface area contributed by atoms with E-state index in [0.717, 1.165) is 6.07 Å². The van der Waals surface area contributed by atoms with Crippen molar-refractivity contribution in [2.75, 3.05) is 31.6 Å². The maximum absolute atomic E-state index is 13.1. The van der Waals surface area contributed by atoms with Crippen molar-refractivity contribution < 1.29 is 18.7 Å². The Morgan fingerprint density at radius 1 is 1.46 bits per heavy atom. The Morgan fingerprint density at radius 3 is 2.92 bits per heavy atom. The number of amides is 2. The molecule has 2 aliphatic rings. The van der Waals surface area contributed by atoms with Crippen LogP contribution in [0.2, 0.25) is 5.02 Å². The standard InChI is InChI=1S/C15H16ClFN4O3/c16-10-7-9(1-2-11(10)17)18-13(22)8-12-14(23)20-15(19-12)21-3-5-24-6-4-21/h1-2,7,12H,3-6,8H2,(H,18,22)(H,19,20,23). The van der Waals surface area contributed by atoms with Crippen molar-refractivity contribution in [3.63, 3.8) is 0 Å². The summed E-state index contributed by atoms with van der Waals surface area (Å²) < 4.78 is 18.4. The highest BCUT2D eigenvalue weighted by Gasteiger charge is 2.31. The zero-order valence-corrected chi connectivity index (χ0v) is 13.5. The molecule has 1 atom stereocenters. The van der Waals surface area contributed by atoms with Crippen LogP contribution in [0.15, 0.2) is 23.2 Å². The Morgan fingerprint density at radius 2 is 2.21 bits per heavy atom. The third-order valence-corrected chi connectivity index (χ3v) is 4.00. The number of nitrogens with one attached hydrogen (secondary N) is 2. The van der Waals surface area contributed by atoms with Crippen LogP contribution in [0.4, 0.5) is 10.1 Å². The second kappa shape index (κ2) is 7.14. The molecule has 3 rings (SSSR count). The largest absolute Gasteiger partial charge is 0.378 e. The first-order chi connectivity index (χ1) is 11.5. The molecular formula is C15H16ClFN4O3. The molecule has 1 fully saturated rings. The summed E-state index contributed by atoms with van der Waals surface area (Å²) in [7, 11) is 0. The van der Waals surface area contributed by atoms with E-state index >= 15 is 0 Å². The smallest absolute Gasteiger partial charge is 0.252 e. The average molecular weight is 355 g/mol. The molecule has 128 valence electrons. The van der Waals surface area contributed by atoms with Gasteiger partial charge in [-0.15, -0.1) is 0 Å². The van der Waals surface area contributed by atoms with Gasteiger partial charge in [-0.2, -0.15) is 0 Å². The molecule has 1 saturated heterocycles. The Labute approximate surface area is 142 Å². The van der Waals surface area contributed by atoms with Crippen molar-refractivity contribution in [2.45, 2.75) is 12.5 Å². The second-order valence-corrected chi connectivity index (χ2v) is 5.85. The predicted molar refractivity (Wildman–Crippen MR) is 86.4 cm³/mol. The number of hydrogen-bond acceptors (Lipinski definition) is 5. The van der Waals surface area contributed by atoms with Crippen LogP contribution in [-0.4, -0.2) is 55.0 Å². The van der Waals surface area contributed by atoms with E-state index in [0.29, 0.717) is 38.0 Å². The molecule has 0 saturated carbocycles. The molecular weight excluding hydrogens is 339 g/mol. The molecule has 1 aromatic rings. The number of morpholine rings is 1. The van der Waals surface area contributed by atoms with Gasteiger partial charge in [0.25, 0.3) is 5.91 Å². The minimum absolute atomic E-state index is 0.0842. The molecule has 0 radical (unpaired) electrons. The molecule has 0 spiro atoms. The summed E-state index contributed by atoms with van der Waals surface area (Å²) in [6.07, 6.45) is -0.103. The fourth-order valence-corrected chi connectivity index (χ4v) is 2.65. The van der Waals surface area contributed by atoms with Crippen LogP contribution < -0.4 is 10.6 Å². The zero-order chi connectivity index (χ0) is 17.1. The number of guanidine groups is 1. The van der Waals surface area contributed by atoms with E-state index in [9.17, 15) is 14.0 Å². The van der Waals surface area contributed by atoms with E-state index in [2.05, 4.69) is 15.6 Å². The molecule has 2 amide bonds. The Bertz CT molecular complexity index is 691. The van der Waals surface area contributed by atoms with Gasteiger partial charge >= 0.3 is 0 Å². The zero-order valence-electron chi connectivity index (χ0n) is 12.7. The van der Waals surface area contributed by atoms with Gasteiger partial charge in [-0.05, 0) is 18.2 Å². The van der Waals surface area contributed by atoms with Crippen molar-refractivity contribution in [3.8, 4) is 0 Å². The van der Waals surface area contributed by atoms with E-state index in [-0.39, 0.29) is 17.4 Å². The molecule has 24 heavy (non-hydrogen) atoms. The topological polar surface area (TPSA) is 83.0 Å². The quantitative estimate of drug-likeness (QED) is 0.848. The molecule has 2 heterocycles. The first-order valence-corrected chi connectivity index (χ1v) is 7.87. The van der Waals surface area contributed by atoms with Gasteiger partial charge in [-0.25, -0.2) is 9.38 Å². The van der Waals surface area contributed by atoms with Crippen LogP contribution in [0.1, 0.15) is 6.42 Å². The van der Waals surface area contributed by atoms with Gasteiger partial charge in [0.2, 0.25) is 11.9 Å². The number of nitrogens with zero attached hydrogens (tertiary/aromatic N) is 2. The van der Waals surface area contributed by atoms with Gasteiger partial charge < -0.3 is 15.0 Å². The van der Waals surface area contributed by atoms with Crippen LogP contribution in [-0.2, 0) is 14.3 Å². The van der Waals surface area contributed by atoms with E-state index in [1.165, 1.54) is 12.1 Å². The average Bonchev–Trinajstić information content (AvgIpc) is 2.93. The predicted octanol–water partition coefficient (Wildman–Crippen LogP) is 0.994. The van der Waals surface area contributed by atoms with Crippen molar-refractivity contribution in [1.29, 1.82) is 0 Å². The van der Waals surface area contributed by atoms with Gasteiger partial charge in [-0.1, -0.05) is 11.6 Å². The molecule has 1 unspecified atom stereocenters. The fourth-order valence-electron chi connectivity index (χ4n) is 2.47. The van der Waals surface area contributed by atoms with Crippen molar-refractivity contribution >= 4 is 35.1 Å². The van der Waals surface area contributed by atoms with Crippen molar-refractivity contribution in [1.82, 2.24) is 10.2 Å². The summed E-state index contributed by atoms with van der Waals surface area (Å²) in [6, 6.07) is 3.09. The number of benzene rings is 1. The van der Waals surface area contributed by atoms with Crippen molar-refractivity contribution in [3.05, 3.63) is 29.0 Å². The van der Waals surface area contributed by atoms with Crippen LogP contribution in [0, 0.1) is 5.82 Å². The lowest BCUT2D eigenvalue weighted by Crippen LogP contribution is -2.46. The number of rotatable bonds is 3. The maximum Gasteiger partial charge on any atom is 0.252 e. The Balaban J connectivity index is 1.60. The van der Waals surface area contributed by atoms with Gasteiger partial charge in [0, 0.05) is 18.8 Å². The molecule has 2 N–H and O–H groups in total. The number of hydrogen-bond donors (Lipinski definition) is 2. The highest BCUT2D eigenvalue weighted by molar-refractivity contribution is 6.31. The molecule has 0 bridgehead atoms. The number of anilines is 1. The molecule has 1 aromatic carbocycles. The summed E-state index contributed by atoms with van der Waals surface area (Å²) >= 11 is 5.67. The number of carbonyl (C=O) groups is 2. The number of ether oxygens (including phenoxy) is 1. The third kappa shape index (κ3) is 3.82. The van der Waals surface area contributed by atoms with Crippen LogP contribution in [0.5, 0.6) is 0 Å². The molecule has 7 nitrogen and oxygen atoms in total. The summed E-state index contributed by atoms with van der Waals surface area (Å²) in [5.41, 5.74) is 0.363. The summed E-state index contributed by atoms with van der Waals surface area (Å²) in [5, 5.41) is 5.18. The van der Waals surface area contributed by atoms with E-state index in [1.807, 2.05) is 4.90 Å². The van der Waals surface area contributed by atoms with Crippen LogP contribution in [0.3, 0.4) is 0 Å². The highest BCUT2D eigenvalue weighted by atomic mass is 35.5.